The van der Waals surface area contributed by atoms with Gasteiger partial charge in [0.25, 0.3) is 0 Å². The third-order valence-corrected chi connectivity index (χ3v) is 3.79. The minimum atomic E-state index is -0.568. The molecule has 2 amide bonds. The number of urea groups is 1. The molecule has 0 saturated heterocycles. The molecule has 0 unspecified atom stereocenters. The normalized spacial score (nSPS) is 11.1. The molecule has 0 aliphatic heterocycles. The van der Waals surface area contributed by atoms with Gasteiger partial charge in [0.15, 0.2) is 6.29 Å². The summed E-state index contributed by atoms with van der Waals surface area (Å²) in [5, 5.41) is 8.93. The van der Waals surface area contributed by atoms with Crippen LogP contribution >= 0.6 is 23.2 Å². The molecule has 0 spiro atoms. The third-order valence-electron chi connectivity index (χ3n) is 3.35. The van der Waals surface area contributed by atoms with Crippen LogP contribution in [-0.2, 0) is 9.47 Å². The van der Waals surface area contributed by atoms with Crippen LogP contribution in [0.25, 0.3) is 0 Å². The average Bonchev–Trinajstić information content (AvgIpc) is 2.63. The number of methoxy groups -OCH3 is 2. The standard InChI is InChI=1S/C18H19Cl2N3O3/c1-25-17(26-2)12-21-18(24)23(16-9-14(19)8-15(20)10-16)22-11-13-6-4-3-5-7-13/h3-11,17H,12H2,1-2H3,(H,21,24). The van der Waals surface area contributed by atoms with Crippen molar-refractivity contribution in [2.75, 3.05) is 25.8 Å². The van der Waals surface area contributed by atoms with E-state index in [0.717, 1.165) is 5.56 Å². The second kappa shape index (κ2) is 10.1. The first kappa shape index (κ1) is 20.2. The molecule has 0 aliphatic rings. The van der Waals surface area contributed by atoms with E-state index in [4.69, 9.17) is 32.7 Å². The Labute approximate surface area is 162 Å². The number of hydrogen-bond donors (Lipinski definition) is 1. The Bertz CT molecular complexity index is 732. The smallest absolute Gasteiger partial charge is 0.342 e. The van der Waals surface area contributed by atoms with E-state index in [2.05, 4.69) is 10.4 Å². The first-order valence-corrected chi connectivity index (χ1v) is 8.47. The summed E-state index contributed by atoms with van der Waals surface area (Å²) in [6.45, 7) is 0.150. The number of carbonyl (C=O) groups is 1. The highest BCUT2D eigenvalue weighted by Gasteiger charge is 2.17. The lowest BCUT2D eigenvalue weighted by atomic mass is 10.2. The van der Waals surface area contributed by atoms with Gasteiger partial charge in [0.2, 0.25) is 0 Å². The Morgan fingerprint density at radius 1 is 1.15 bits per heavy atom. The molecule has 1 N–H and O–H groups in total. The van der Waals surface area contributed by atoms with Gasteiger partial charge in [0.05, 0.1) is 18.4 Å². The predicted octanol–water partition coefficient (Wildman–Crippen LogP) is 4.16. The number of ether oxygens (including phenoxy) is 2. The van der Waals surface area contributed by atoms with Crippen molar-refractivity contribution >= 4 is 41.1 Å². The van der Waals surface area contributed by atoms with Gasteiger partial charge in [0, 0.05) is 24.3 Å². The summed E-state index contributed by atoms with van der Waals surface area (Å²) in [5.41, 5.74) is 1.27. The second-order valence-corrected chi connectivity index (χ2v) is 6.05. The lowest BCUT2D eigenvalue weighted by Crippen LogP contribution is -2.41. The maximum absolute atomic E-state index is 12.6. The second-order valence-electron chi connectivity index (χ2n) is 5.18. The molecular weight excluding hydrogens is 377 g/mol. The minimum Gasteiger partial charge on any atom is -0.354 e. The van der Waals surface area contributed by atoms with E-state index in [1.165, 1.54) is 19.2 Å². The van der Waals surface area contributed by atoms with Crippen molar-refractivity contribution in [2.24, 2.45) is 5.10 Å². The molecule has 0 heterocycles. The predicted molar refractivity (Wildman–Crippen MR) is 104 cm³/mol. The number of rotatable bonds is 7. The maximum atomic E-state index is 12.6. The van der Waals surface area contributed by atoms with Crippen molar-refractivity contribution in [3.63, 3.8) is 0 Å². The van der Waals surface area contributed by atoms with E-state index in [9.17, 15) is 4.79 Å². The van der Waals surface area contributed by atoms with E-state index < -0.39 is 12.3 Å². The number of nitrogens with one attached hydrogen (secondary N) is 1. The van der Waals surface area contributed by atoms with Gasteiger partial charge < -0.3 is 14.8 Å². The summed E-state index contributed by atoms with van der Waals surface area (Å²) in [6, 6.07) is 13.7. The Morgan fingerprint density at radius 2 is 1.77 bits per heavy atom. The van der Waals surface area contributed by atoms with Crippen molar-refractivity contribution < 1.29 is 14.3 Å². The molecule has 2 rings (SSSR count). The molecule has 2 aromatic carbocycles. The van der Waals surface area contributed by atoms with Crippen molar-refractivity contribution in [1.82, 2.24) is 5.32 Å². The Kier molecular flexibility index (Phi) is 7.87. The summed E-state index contributed by atoms with van der Waals surface area (Å²) >= 11 is 12.1. The number of hydrogen-bond acceptors (Lipinski definition) is 4. The van der Waals surface area contributed by atoms with Crippen LogP contribution in [0.4, 0.5) is 10.5 Å². The highest BCUT2D eigenvalue weighted by Crippen LogP contribution is 2.26. The Morgan fingerprint density at radius 3 is 2.35 bits per heavy atom. The monoisotopic (exact) mass is 395 g/mol. The highest BCUT2D eigenvalue weighted by atomic mass is 35.5. The van der Waals surface area contributed by atoms with E-state index in [1.54, 1.807) is 24.4 Å². The molecule has 26 heavy (non-hydrogen) atoms. The van der Waals surface area contributed by atoms with Crippen LogP contribution in [0.1, 0.15) is 5.56 Å². The molecule has 0 bridgehead atoms. The molecule has 0 saturated carbocycles. The number of nitrogens with zero attached hydrogens (tertiary/aromatic N) is 2. The van der Waals surface area contributed by atoms with Gasteiger partial charge in [-0.05, 0) is 23.8 Å². The molecule has 0 atom stereocenters. The zero-order valence-electron chi connectivity index (χ0n) is 14.4. The molecule has 0 aromatic heterocycles. The lowest BCUT2D eigenvalue weighted by Gasteiger charge is -2.20. The SMILES string of the molecule is COC(CNC(=O)N(N=Cc1ccccc1)c1cc(Cl)cc(Cl)c1)OC. The van der Waals surface area contributed by atoms with E-state index >= 15 is 0 Å². The quantitative estimate of drug-likeness (QED) is 0.434. The summed E-state index contributed by atoms with van der Waals surface area (Å²) in [4.78, 5) is 12.6. The molecule has 6 nitrogen and oxygen atoms in total. The number of anilines is 1. The van der Waals surface area contributed by atoms with Gasteiger partial charge >= 0.3 is 6.03 Å². The molecule has 8 heteroatoms. The van der Waals surface area contributed by atoms with Crippen molar-refractivity contribution in [3.05, 3.63) is 64.1 Å². The van der Waals surface area contributed by atoms with Gasteiger partial charge in [-0.1, -0.05) is 53.5 Å². The Balaban J connectivity index is 2.25. The van der Waals surface area contributed by atoms with E-state index in [1.807, 2.05) is 30.3 Å². The van der Waals surface area contributed by atoms with Gasteiger partial charge in [-0.3, -0.25) is 0 Å². The number of hydrazone groups is 1. The fourth-order valence-electron chi connectivity index (χ4n) is 2.07. The largest absolute Gasteiger partial charge is 0.354 e. The van der Waals surface area contributed by atoms with Crippen molar-refractivity contribution in [1.29, 1.82) is 0 Å². The maximum Gasteiger partial charge on any atom is 0.342 e. The number of carbonyl (C=O) groups excluding carboxylic acids is 1. The summed E-state index contributed by atoms with van der Waals surface area (Å²) < 4.78 is 10.1. The van der Waals surface area contributed by atoms with Crippen LogP contribution < -0.4 is 10.3 Å². The number of halogens is 2. The van der Waals surface area contributed by atoms with Crippen molar-refractivity contribution in [3.8, 4) is 0 Å². The van der Waals surface area contributed by atoms with Gasteiger partial charge in [-0.2, -0.15) is 10.1 Å². The van der Waals surface area contributed by atoms with Crippen LogP contribution in [0.2, 0.25) is 10.0 Å². The molecule has 138 valence electrons. The van der Waals surface area contributed by atoms with E-state index in [-0.39, 0.29) is 6.54 Å². The fraction of sp³-hybridized carbons (Fsp3) is 0.222. The van der Waals surface area contributed by atoms with Crippen molar-refractivity contribution in [2.45, 2.75) is 6.29 Å². The van der Waals surface area contributed by atoms with Crippen LogP contribution in [-0.4, -0.2) is 39.3 Å². The van der Waals surface area contributed by atoms with Crippen LogP contribution in [0.3, 0.4) is 0 Å². The van der Waals surface area contributed by atoms with Crippen LogP contribution in [0, 0.1) is 0 Å². The first-order valence-electron chi connectivity index (χ1n) is 7.72. The van der Waals surface area contributed by atoms with E-state index in [0.29, 0.717) is 15.7 Å². The van der Waals surface area contributed by atoms with Gasteiger partial charge in [-0.15, -0.1) is 0 Å². The minimum absolute atomic E-state index is 0.150. The fourth-order valence-corrected chi connectivity index (χ4v) is 2.58. The van der Waals surface area contributed by atoms with Crippen LogP contribution in [0.15, 0.2) is 53.6 Å². The van der Waals surface area contributed by atoms with Gasteiger partial charge in [0.1, 0.15) is 0 Å². The number of amides is 2. The average molecular weight is 396 g/mol. The van der Waals surface area contributed by atoms with Crippen LogP contribution in [0.5, 0.6) is 0 Å². The molecule has 0 radical (unpaired) electrons. The molecule has 0 aliphatic carbocycles. The zero-order valence-corrected chi connectivity index (χ0v) is 15.9. The first-order chi connectivity index (χ1) is 12.5. The third kappa shape index (κ3) is 6.00. The summed E-state index contributed by atoms with van der Waals surface area (Å²) in [7, 11) is 2.98. The summed E-state index contributed by atoms with van der Waals surface area (Å²) in [5.74, 6) is 0. The number of benzene rings is 2. The lowest BCUT2D eigenvalue weighted by molar-refractivity contribution is -0.0970. The Hall–Kier alpha value is -2.12. The zero-order chi connectivity index (χ0) is 18.9. The summed E-state index contributed by atoms with van der Waals surface area (Å²) in [6.07, 6.45) is 1.00. The topological polar surface area (TPSA) is 63.2 Å². The van der Waals surface area contributed by atoms with Gasteiger partial charge in [-0.25, -0.2) is 4.79 Å². The highest BCUT2D eigenvalue weighted by molar-refractivity contribution is 6.35. The molecule has 2 aromatic rings. The molecular formula is C18H19Cl2N3O3. The molecule has 0 fully saturated rings.